The lowest BCUT2D eigenvalue weighted by molar-refractivity contribution is -0.137. The Morgan fingerprint density at radius 2 is 2.06 bits per heavy atom. The van der Waals surface area contributed by atoms with Crippen LogP contribution in [0.15, 0.2) is 4.99 Å². The predicted octanol–water partition coefficient (Wildman–Crippen LogP) is -0.251. The van der Waals surface area contributed by atoms with Crippen molar-refractivity contribution in [3.05, 3.63) is 0 Å². The zero-order valence-corrected chi connectivity index (χ0v) is 9.16. The number of carboxylic acids is 1. The molecule has 16 heavy (non-hydrogen) atoms. The summed E-state index contributed by atoms with van der Waals surface area (Å²) in [4.78, 5) is 25.7. The first-order valence-corrected chi connectivity index (χ1v) is 5.44. The van der Waals surface area contributed by atoms with Crippen LogP contribution in [0.4, 0.5) is 0 Å². The number of aliphatic imine (C=N–C) groups is 1. The van der Waals surface area contributed by atoms with Crippen molar-refractivity contribution >= 4 is 17.7 Å². The topological polar surface area (TPSA) is 90.8 Å². The molecule has 1 amide bonds. The van der Waals surface area contributed by atoms with Crippen molar-refractivity contribution in [2.24, 2.45) is 4.99 Å². The van der Waals surface area contributed by atoms with Crippen molar-refractivity contribution in [3.8, 4) is 0 Å². The molecule has 0 aromatic heterocycles. The molecule has 90 valence electrons. The van der Waals surface area contributed by atoms with E-state index in [4.69, 9.17) is 5.11 Å². The molecule has 1 aliphatic rings. The Morgan fingerprint density at radius 3 is 2.81 bits per heavy atom. The normalized spacial score (nSPS) is 15.9. The third kappa shape index (κ3) is 5.33. The van der Waals surface area contributed by atoms with E-state index in [0.717, 1.165) is 31.6 Å². The summed E-state index contributed by atoms with van der Waals surface area (Å²) in [5.41, 5.74) is 0. The van der Waals surface area contributed by atoms with E-state index in [1.807, 2.05) is 0 Å². The van der Waals surface area contributed by atoms with Crippen molar-refractivity contribution in [2.45, 2.75) is 25.7 Å². The summed E-state index contributed by atoms with van der Waals surface area (Å²) >= 11 is 0. The fourth-order valence-corrected chi connectivity index (χ4v) is 1.44. The maximum atomic E-state index is 11.2. The minimum absolute atomic E-state index is 0.0894. The summed E-state index contributed by atoms with van der Waals surface area (Å²) < 4.78 is 0. The van der Waals surface area contributed by atoms with Gasteiger partial charge in [-0.2, -0.15) is 0 Å². The Kier molecular flexibility index (Phi) is 5.31. The Balaban J connectivity index is 2.19. The average Bonchev–Trinajstić information content (AvgIpc) is 2.51. The molecule has 0 radical (unpaired) electrons. The summed E-state index contributed by atoms with van der Waals surface area (Å²) in [5, 5.41) is 13.6. The third-order valence-corrected chi connectivity index (χ3v) is 2.26. The Hall–Kier alpha value is -1.59. The highest BCUT2D eigenvalue weighted by Gasteiger charge is 2.07. The number of rotatable bonds is 4. The maximum absolute atomic E-state index is 11.2. The molecule has 0 aromatic rings. The van der Waals surface area contributed by atoms with Gasteiger partial charge in [-0.05, 0) is 12.8 Å². The molecular weight excluding hydrogens is 210 g/mol. The number of amidine groups is 1. The molecule has 0 saturated heterocycles. The molecular formula is C10H17N3O3. The van der Waals surface area contributed by atoms with Crippen LogP contribution in [0, 0.1) is 0 Å². The highest BCUT2D eigenvalue weighted by molar-refractivity contribution is 5.88. The van der Waals surface area contributed by atoms with E-state index < -0.39 is 5.97 Å². The van der Waals surface area contributed by atoms with Gasteiger partial charge in [0, 0.05) is 13.0 Å². The van der Waals surface area contributed by atoms with Gasteiger partial charge in [0.05, 0.1) is 12.4 Å². The van der Waals surface area contributed by atoms with Crippen LogP contribution in [0.3, 0.4) is 0 Å². The molecule has 0 saturated carbocycles. The minimum Gasteiger partial charge on any atom is -0.480 e. The van der Waals surface area contributed by atoms with E-state index in [1.165, 1.54) is 6.42 Å². The van der Waals surface area contributed by atoms with E-state index in [2.05, 4.69) is 15.6 Å². The fourth-order valence-electron chi connectivity index (χ4n) is 1.44. The van der Waals surface area contributed by atoms with Crippen LogP contribution < -0.4 is 10.6 Å². The van der Waals surface area contributed by atoms with Gasteiger partial charge in [0.15, 0.2) is 0 Å². The molecule has 0 aromatic carbocycles. The lowest BCUT2D eigenvalue weighted by atomic mass is 10.2. The van der Waals surface area contributed by atoms with Gasteiger partial charge in [-0.3, -0.25) is 14.6 Å². The minimum atomic E-state index is -1.04. The van der Waals surface area contributed by atoms with E-state index in [9.17, 15) is 9.59 Å². The summed E-state index contributed by atoms with van der Waals surface area (Å²) in [5.74, 6) is -0.516. The third-order valence-electron chi connectivity index (χ3n) is 2.26. The molecule has 1 aliphatic heterocycles. The number of aliphatic carboxylic acids is 1. The number of hydrogen-bond acceptors (Lipinski definition) is 4. The molecule has 3 N–H and O–H groups in total. The Bertz CT molecular complexity index is 289. The monoisotopic (exact) mass is 227 g/mol. The second-order valence-electron chi connectivity index (χ2n) is 3.66. The van der Waals surface area contributed by atoms with Crippen LogP contribution in [0.25, 0.3) is 0 Å². The summed E-state index contributed by atoms with van der Waals surface area (Å²) in [6.07, 6.45) is 4.21. The van der Waals surface area contributed by atoms with E-state index in [-0.39, 0.29) is 19.0 Å². The molecule has 1 heterocycles. The molecule has 0 spiro atoms. The van der Waals surface area contributed by atoms with E-state index in [0.29, 0.717) is 0 Å². The second kappa shape index (κ2) is 6.81. The second-order valence-corrected chi connectivity index (χ2v) is 3.66. The molecule has 0 fully saturated rings. The van der Waals surface area contributed by atoms with E-state index >= 15 is 0 Å². The van der Waals surface area contributed by atoms with Gasteiger partial charge < -0.3 is 15.7 Å². The number of nitrogens with one attached hydrogen (secondary N) is 2. The van der Waals surface area contributed by atoms with Crippen LogP contribution in [-0.2, 0) is 9.59 Å². The molecule has 0 atom stereocenters. The molecule has 1 rings (SSSR count). The van der Waals surface area contributed by atoms with E-state index in [1.54, 1.807) is 0 Å². The number of carboxylic acid groups (broad SMARTS) is 1. The molecule has 6 heteroatoms. The quantitative estimate of drug-likeness (QED) is 0.617. The Morgan fingerprint density at radius 1 is 1.25 bits per heavy atom. The first kappa shape index (κ1) is 12.5. The number of carbonyl (C=O) groups excluding carboxylic acids is 1. The maximum Gasteiger partial charge on any atom is 0.322 e. The standard InChI is InChI=1S/C10H17N3O3/c14-9(13-7-10(15)16)6-12-8-4-2-1-3-5-11-8/h1-7H2,(H,11,12)(H,13,14)(H,15,16). The first-order chi connectivity index (χ1) is 7.68. The largest absolute Gasteiger partial charge is 0.480 e. The lowest BCUT2D eigenvalue weighted by Gasteiger charge is -2.07. The van der Waals surface area contributed by atoms with Crippen molar-refractivity contribution in [3.63, 3.8) is 0 Å². The van der Waals surface area contributed by atoms with Gasteiger partial charge in [0.1, 0.15) is 6.54 Å². The smallest absolute Gasteiger partial charge is 0.322 e. The summed E-state index contributed by atoms with van der Waals surface area (Å²) in [7, 11) is 0. The summed E-state index contributed by atoms with van der Waals surface area (Å²) in [6, 6.07) is 0. The van der Waals surface area contributed by atoms with Crippen LogP contribution in [-0.4, -0.2) is 42.5 Å². The van der Waals surface area contributed by atoms with Gasteiger partial charge in [-0.25, -0.2) is 0 Å². The highest BCUT2D eigenvalue weighted by Crippen LogP contribution is 2.05. The van der Waals surface area contributed by atoms with Crippen LogP contribution >= 0.6 is 0 Å². The highest BCUT2D eigenvalue weighted by atomic mass is 16.4. The predicted molar refractivity (Wildman–Crippen MR) is 59.4 cm³/mol. The molecule has 0 bridgehead atoms. The zero-order valence-electron chi connectivity index (χ0n) is 9.16. The lowest BCUT2D eigenvalue weighted by Crippen LogP contribution is -2.39. The average molecular weight is 227 g/mol. The van der Waals surface area contributed by atoms with Crippen molar-refractivity contribution < 1.29 is 14.7 Å². The number of carbonyl (C=O) groups is 2. The number of nitrogens with zero attached hydrogens (tertiary/aromatic N) is 1. The van der Waals surface area contributed by atoms with Gasteiger partial charge in [0.25, 0.3) is 0 Å². The number of hydrogen-bond donors (Lipinski definition) is 3. The molecule has 0 aliphatic carbocycles. The van der Waals surface area contributed by atoms with Crippen molar-refractivity contribution in [1.29, 1.82) is 0 Å². The Labute approximate surface area is 94.1 Å². The van der Waals surface area contributed by atoms with Gasteiger partial charge >= 0.3 is 5.97 Å². The molecule has 6 nitrogen and oxygen atoms in total. The van der Waals surface area contributed by atoms with Crippen molar-refractivity contribution in [2.75, 3.05) is 19.6 Å². The SMILES string of the molecule is O=C(O)CNC(=O)CNC1=NCCCCC1. The molecule has 0 unspecified atom stereocenters. The van der Waals surface area contributed by atoms with Crippen LogP contribution in [0.1, 0.15) is 25.7 Å². The first-order valence-electron chi connectivity index (χ1n) is 5.44. The van der Waals surface area contributed by atoms with Crippen LogP contribution in [0.5, 0.6) is 0 Å². The van der Waals surface area contributed by atoms with Crippen LogP contribution in [0.2, 0.25) is 0 Å². The fraction of sp³-hybridized carbons (Fsp3) is 0.700. The van der Waals surface area contributed by atoms with Crippen molar-refractivity contribution in [1.82, 2.24) is 10.6 Å². The van der Waals surface area contributed by atoms with Gasteiger partial charge in [0.2, 0.25) is 5.91 Å². The zero-order chi connectivity index (χ0) is 11.8. The van der Waals surface area contributed by atoms with Gasteiger partial charge in [-0.1, -0.05) is 6.42 Å². The van der Waals surface area contributed by atoms with Gasteiger partial charge in [-0.15, -0.1) is 0 Å². The number of amides is 1. The summed E-state index contributed by atoms with van der Waals surface area (Å²) in [6.45, 7) is 0.554.